The fraction of sp³-hybridized carbons (Fsp3) is 0.357. The van der Waals surface area contributed by atoms with Gasteiger partial charge in [-0.05, 0) is 26.0 Å². The molecule has 102 valence electrons. The zero-order valence-electron chi connectivity index (χ0n) is 11.2. The van der Waals surface area contributed by atoms with E-state index in [0.29, 0.717) is 18.1 Å². The number of aryl methyl sites for hydroxylation is 1. The van der Waals surface area contributed by atoms with Crippen molar-refractivity contribution in [1.29, 1.82) is 0 Å². The monoisotopic (exact) mass is 279 g/mol. The molecule has 0 saturated carbocycles. The summed E-state index contributed by atoms with van der Waals surface area (Å²) in [5, 5.41) is 10.8. The highest BCUT2D eigenvalue weighted by atomic mass is 32.1. The van der Waals surface area contributed by atoms with Gasteiger partial charge in [-0.3, -0.25) is 0 Å². The summed E-state index contributed by atoms with van der Waals surface area (Å²) in [4.78, 5) is 5.24. The summed E-state index contributed by atoms with van der Waals surface area (Å²) < 4.78 is 10.9. The third-order valence-corrected chi connectivity index (χ3v) is 3.60. The van der Waals surface area contributed by atoms with Crippen LogP contribution in [-0.2, 0) is 6.61 Å². The molecule has 4 nitrogen and oxygen atoms in total. The van der Waals surface area contributed by atoms with Gasteiger partial charge >= 0.3 is 0 Å². The predicted octanol–water partition coefficient (Wildman–Crippen LogP) is 3.09. The van der Waals surface area contributed by atoms with Gasteiger partial charge in [0.25, 0.3) is 0 Å². The zero-order valence-corrected chi connectivity index (χ0v) is 12.0. The molecule has 1 N–H and O–H groups in total. The molecule has 0 aliphatic rings. The molecule has 0 radical (unpaired) electrons. The standard InChI is InChI=1S/C14H17NO3S/c1-9(16)13-5-4-11(17-3)6-14(13)18-8-12-7-15-10(2)19-12/h4-7,9,16H,8H2,1-3H3/t9-/m0/s1. The second-order valence-electron chi connectivity index (χ2n) is 4.21. The molecule has 1 aromatic carbocycles. The Labute approximate surface area is 116 Å². The van der Waals surface area contributed by atoms with Crippen molar-refractivity contribution >= 4 is 11.3 Å². The first-order valence-corrected chi connectivity index (χ1v) is 6.82. The van der Waals surface area contributed by atoms with Gasteiger partial charge in [0.05, 0.1) is 23.1 Å². The lowest BCUT2D eigenvalue weighted by Crippen LogP contribution is -2.00. The smallest absolute Gasteiger partial charge is 0.129 e. The molecule has 19 heavy (non-hydrogen) atoms. The van der Waals surface area contributed by atoms with Crippen LogP contribution in [0.3, 0.4) is 0 Å². The van der Waals surface area contributed by atoms with Gasteiger partial charge in [0.15, 0.2) is 0 Å². The molecule has 5 heteroatoms. The van der Waals surface area contributed by atoms with Crippen LogP contribution in [0.4, 0.5) is 0 Å². The van der Waals surface area contributed by atoms with Crippen LogP contribution in [0, 0.1) is 6.92 Å². The summed E-state index contributed by atoms with van der Waals surface area (Å²) in [5.41, 5.74) is 0.752. The van der Waals surface area contributed by atoms with E-state index in [2.05, 4.69) is 4.98 Å². The van der Waals surface area contributed by atoms with Crippen LogP contribution < -0.4 is 9.47 Å². The van der Waals surface area contributed by atoms with E-state index in [1.54, 1.807) is 31.4 Å². The van der Waals surface area contributed by atoms with Crippen LogP contribution in [0.5, 0.6) is 11.5 Å². The second-order valence-corrected chi connectivity index (χ2v) is 5.53. The molecule has 0 unspecified atom stereocenters. The Hall–Kier alpha value is -1.59. The van der Waals surface area contributed by atoms with Gasteiger partial charge in [-0.25, -0.2) is 4.98 Å². The predicted molar refractivity (Wildman–Crippen MR) is 74.8 cm³/mol. The van der Waals surface area contributed by atoms with Crippen molar-refractivity contribution in [3.8, 4) is 11.5 Å². The highest BCUT2D eigenvalue weighted by Crippen LogP contribution is 2.30. The van der Waals surface area contributed by atoms with Gasteiger partial charge in [0, 0.05) is 17.8 Å². The van der Waals surface area contributed by atoms with Crippen molar-refractivity contribution in [2.75, 3.05) is 7.11 Å². The van der Waals surface area contributed by atoms with Crippen LogP contribution in [0.15, 0.2) is 24.4 Å². The van der Waals surface area contributed by atoms with E-state index in [1.807, 2.05) is 25.3 Å². The lowest BCUT2D eigenvalue weighted by atomic mass is 10.1. The van der Waals surface area contributed by atoms with Gasteiger partial charge in [-0.2, -0.15) is 0 Å². The van der Waals surface area contributed by atoms with E-state index in [-0.39, 0.29) is 0 Å². The Bertz CT molecular complexity index is 551. The van der Waals surface area contributed by atoms with Crippen molar-refractivity contribution in [3.63, 3.8) is 0 Å². The maximum absolute atomic E-state index is 9.74. The number of methoxy groups -OCH3 is 1. The lowest BCUT2D eigenvalue weighted by molar-refractivity contribution is 0.190. The highest BCUT2D eigenvalue weighted by Gasteiger charge is 2.11. The molecular weight excluding hydrogens is 262 g/mol. The molecule has 1 aromatic heterocycles. The summed E-state index contributed by atoms with van der Waals surface area (Å²) in [7, 11) is 1.60. The number of aliphatic hydroxyl groups is 1. The molecule has 0 aliphatic heterocycles. The number of thiazole rings is 1. The number of aliphatic hydroxyl groups excluding tert-OH is 1. The minimum absolute atomic E-state index is 0.443. The van der Waals surface area contributed by atoms with Crippen molar-refractivity contribution < 1.29 is 14.6 Å². The second kappa shape index (κ2) is 6.04. The first-order valence-electron chi connectivity index (χ1n) is 6.00. The van der Waals surface area contributed by atoms with E-state index in [4.69, 9.17) is 9.47 Å². The third-order valence-electron chi connectivity index (χ3n) is 2.71. The van der Waals surface area contributed by atoms with E-state index in [1.165, 1.54) is 0 Å². The van der Waals surface area contributed by atoms with Crippen molar-refractivity contribution in [3.05, 3.63) is 39.8 Å². The maximum atomic E-state index is 9.74. The van der Waals surface area contributed by atoms with Gasteiger partial charge in [0.2, 0.25) is 0 Å². The number of aromatic nitrogens is 1. The summed E-state index contributed by atoms with van der Waals surface area (Å²) in [6.07, 6.45) is 1.23. The number of nitrogens with zero attached hydrogens (tertiary/aromatic N) is 1. The molecular formula is C14H17NO3S. The minimum atomic E-state index is -0.580. The fourth-order valence-electron chi connectivity index (χ4n) is 1.73. The van der Waals surface area contributed by atoms with Crippen LogP contribution in [0.1, 0.15) is 28.5 Å². The largest absolute Gasteiger partial charge is 0.497 e. The number of hydrogen-bond acceptors (Lipinski definition) is 5. The average Bonchev–Trinajstić information content (AvgIpc) is 2.81. The van der Waals surface area contributed by atoms with E-state index in [9.17, 15) is 5.11 Å². The first-order chi connectivity index (χ1) is 9.10. The SMILES string of the molecule is COc1ccc([C@H](C)O)c(OCc2cnc(C)s2)c1. The molecule has 0 bridgehead atoms. The highest BCUT2D eigenvalue weighted by molar-refractivity contribution is 7.11. The minimum Gasteiger partial charge on any atom is -0.497 e. The van der Waals surface area contributed by atoms with Crippen LogP contribution in [0.2, 0.25) is 0 Å². The molecule has 0 spiro atoms. The van der Waals surface area contributed by atoms with Gasteiger partial charge in [-0.1, -0.05) is 0 Å². The van der Waals surface area contributed by atoms with Crippen molar-refractivity contribution in [2.24, 2.45) is 0 Å². The molecule has 2 aromatic rings. The van der Waals surface area contributed by atoms with E-state index >= 15 is 0 Å². The van der Waals surface area contributed by atoms with Crippen LogP contribution in [0.25, 0.3) is 0 Å². The third kappa shape index (κ3) is 3.45. The fourth-order valence-corrected chi connectivity index (χ4v) is 2.44. The van der Waals surface area contributed by atoms with Gasteiger partial charge in [-0.15, -0.1) is 11.3 Å². The number of benzene rings is 1. The average molecular weight is 279 g/mol. The number of hydrogen-bond donors (Lipinski definition) is 1. The normalized spacial score (nSPS) is 12.2. The molecule has 2 rings (SSSR count). The number of rotatable bonds is 5. The Morgan fingerprint density at radius 2 is 2.21 bits per heavy atom. The molecule has 1 atom stereocenters. The van der Waals surface area contributed by atoms with Crippen LogP contribution in [-0.4, -0.2) is 17.2 Å². The summed E-state index contributed by atoms with van der Waals surface area (Å²) >= 11 is 1.60. The Balaban J connectivity index is 2.17. The summed E-state index contributed by atoms with van der Waals surface area (Å²) in [6.45, 7) is 4.12. The van der Waals surface area contributed by atoms with E-state index < -0.39 is 6.10 Å². The molecule has 0 amide bonds. The molecule has 0 fully saturated rings. The Morgan fingerprint density at radius 3 is 2.79 bits per heavy atom. The molecule has 0 aliphatic carbocycles. The molecule has 0 saturated heterocycles. The van der Waals surface area contributed by atoms with Crippen molar-refractivity contribution in [2.45, 2.75) is 26.6 Å². The quantitative estimate of drug-likeness (QED) is 0.913. The van der Waals surface area contributed by atoms with E-state index in [0.717, 1.165) is 15.4 Å². The summed E-state index contributed by atoms with van der Waals surface area (Å²) in [5.74, 6) is 1.35. The maximum Gasteiger partial charge on any atom is 0.129 e. The number of ether oxygens (including phenoxy) is 2. The van der Waals surface area contributed by atoms with Gasteiger partial charge in [0.1, 0.15) is 18.1 Å². The summed E-state index contributed by atoms with van der Waals surface area (Å²) in [6, 6.07) is 5.42. The van der Waals surface area contributed by atoms with Crippen LogP contribution >= 0.6 is 11.3 Å². The lowest BCUT2D eigenvalue weighted by Gasteiger charge is -2.14. The first kappa shape index (κ1) is 13.8. The zero-order chi connectivity index (χ0) is 13.8. The van der Waals surface area contributed by atoms with Gasteiger partial charge < -0.3 is 14.6 Å². The topological polar surface area (TPSA) is 51.6 Å². The molecule has 1 heterocycles. The van der Waals surface area contributed by atoms with Crippen molar-refractivity contribution in [1.82, 2.24) is 4.98 Å². The Kier molecular flexibility index (Phi) is 4.39. The Morgan fingerprint density at radius 1 is 1.42 bits per heavy atom.